The molecular weight excluding hydrogens is 492 g/mol. The molecule has 0 spiro atoms. The van der Waals surface area contributed by atoms with E-state index in [9.17, 15) is 9.59 Å². The summed E-state index contributed by atoms with van der Waals surface area (Å²) < 4.78 is 16.5. The minimum absolute atomic E-state index is 0.0545. The van der Waals surface area contributed by atoms with E-state index in [-0.39, 0.29) is 30.9 Å². The molecule has 39 heavy (non-hydrogen) atoms. The van der Waals surface area contributed by atoms with Gasteiger partial charge in [0.1, 0.15) is 12.6 Å². The van der Waals surface area contributed by atoms with Crippen molar-refractivity contribution < 1.29 is 23.8 Å². The van der Waals surface area contributed by atoms with Gasteiger partial charge in [-0.15, -0.1) is 0 Å². The molecule has 7 heteroatoms. The van der Waals surface area contributed by atoms with Crippen LogP contribution in [0.15, 0.2) is 78.9 Å². The third-order valence-electron chi connectivity index (χ3n) is 7.06. The Labute approximate surface area is 231 Å². The van der Waals surface area contributed by atoms with Crippen LogP contribution in [0.3, 0.4) is 0 Å². The molecule has 1 aliphatic rings. The second kappa shape index (κ2) is 13.4. The minimum atomic E-state index is -0.751. The molecule has 0 radical (unpaired) electrons. The summed E-state index contributed by atoms with van der Waals surface area (Å²) in [6, 6.07) is 25.4. The summed E-state index contributed by atoms with van der Waals surface area (Å²) in [6.45, 7) is 4.82. The van der Waals surface area contributed by atoms with Crippen molar-refractivity contribution >= 4 is 12.0 Å². The number of ether oxygens (including phenoxy) is 3. The van der Waals surface area contributed by atoms with Gasteiger partial charge in [-0.25, -0.2) is 4.79 Å². The molecule has 3 aromatic carbocycles. The number of hydrogen-bond donors (Lipinski definition) is 1. The maximum atomic E-state index is 13.8. The molecule has 1 N–H and O–H groups in total. The van der Waals surface area contributed by atoms with Gasteiger partial charge in [0.25, 0.3) is 0 Å². The fourth-order valence-electron chi connectivity index (χ4n) is 5.16. The smallest absolute Gasteiger partial charge is 0.407 e. The van der Waals surface area contributed by atoms with Crippen molar-refractivity contribution in [3.63, 3.8) is 0 Å². The molecule has 4 rings (SSSR count). The van der Waals surface area contributed by atoms with Crippen LogP contribution in [-0.4, -0.2) is 56.6 Å². The van der Waals surface area contributed by atoms with E-state index in [4.69, 9.17) is 14.2 Å². The number of carbonyl (C=O) groups excluding carboxylic acids is 2. The maximum Gasteiger partial charge on any atom is 0.407 e. The van der Waals surface area contributed by atoms with Crippen LogP contribution < -0.4 is 5.32 Å². The van der Waals surface area contributed by atoms with E-state index in [1.54, 1.807) is 19.1 Å². The van der Waals surface area contributed by atoms with Gasteiger partial charge in [0.15, 0.2) is 6.29 Å². The van der Waals surface area contributed by atoms with E-state index in [1.807, 2.05) is 68.4 Å². The average Bonchev–Trinajstić information content (AvgIpc) is 3.27. The molecule has 0 aliphatic heterocycles. The van der Waals surface area contributed by atoms with Gasteiger partial charge in [-0.2, -0.15) is 0 Å². The van der Waals surface area contributed by atoms with Crippen molar-refractivity contribution in [1.82, 2.24) is 10.2 Å². The lowest BCUT2D eigenvalue weighted by Gasteiger charge is -2.31. The lowest BCUT2D eigenvalue weighted by molar-refractivity contribution is -0.148. The number of fused-ring (bicyclic) bond motifs is 3. The molecule has 0 fully saturated rings. The Morgan fingerprint density at radius 2 is 1.41 bits per heavy atom. The van der Waals surface area contributed by atoms with Crippen molar-refractivity contribution in [2.75, 3.05) is 27.4 Å². The average molecular weight is 531 g/mol. The Morgan fingerprint density at radius 1 is 0.846 bits per heavy atom. The van der Waals surface area contributed by atoms with Gasteiger partial charge in [0.05, 0.1) is 6.54 Å². The van der Waals surface area contributed by atoms with Crippen LogP contribution in [0.4, 0.5) is 4.79 Å². The summed E-state index contributed by atoms with van der Waals surface area (Å²) in [4.78, 5) is 28.6. The molecule has 0 saturated heterocycles. The van der Waals surface area contributed by atoms with Crippen LogP contribution in [0.1, 0.15) is 42.9 Å². The van der Waals surface area contributed by atoms with Crippen LogP contribution in [0, 0.1) is 5.92 Å². The molecule has 3 aromatic rings. The third-order valence-corrected chi connectivity index (χ3v) is 7.06. The Kier molecular flexibility index (Phi) is 9.74. The molecule has 2 amide bonds. The molecule has 206 valence electrons. The lowest BCUT2D eigenvalue weighted by Crippen LogP contribution is -2.51. The van der Waals surface area contributed by atoms with E-state index in [0.717, 1.165) is 27.8 Å². The van der Waals surface area contributed by atoms with Crippen LogP contribution in [0.25, 0.3) is 11.1 Å². The number of methoxy groups -OCH3 is 2. The van der Waals surface area contributed by atoms with Crippen molar-refractivity contribution in [2.45, 2.75) is 45.1 Å². The van der Waals surface area contributed by atoms with E-state index in [1.165, 1.54) is 0 Å². The molecule has 1 atom stereocenters. The van der Waals surface area contributed by atoms with Gasteiger partial charge in [-0.1, -0.05) is 92.7 Å². The number of alkyl carbamates (subject to hydrolysis) is 1. The molecule has 1 aliphatic carbocycles. The second-order valence-corrected chi connectivity index (χ2v) is 10.3. The van der Waals surface area contributed by atoms with Crippen LogP contribution >= 0.6 is 0 Å². The topological polar surface area (TPSA) is 77.1 Å². The Balaban J connectivity index is 1.47. The summed E-state index contributed by atoms with van der Waals surface area (Å²) in [5.41, 5.74) is 5.58. The maximum absolute atomic E-state index is 13.8. The first-order valence-electron chi connectivity index (χ1n) is 13.4. The van der Waals surface area contributed by atoms with E-state index in [0.29, 0.717) is 13.0 Å². The largest absolute Gasteiger partial charge is 0.449 e. The minimum Gasteiger partial charge on any atom is -0.449 e. The number of benzene rings is 3. The van der Waals surface area contributed by atoms with Crippen LogP contribution in [-0.2, 0) is 25.5 Å². The number of hydrogen-bond acceptors (Lipinski definition) is 5. The highest BCUT2D eigenvalue weighted by Crippen LogP contribution is 2.44. The summed E-state index contributed by atoms with van der Waals surface area (Å²) >= 11 is 0. The summed E-state index contributed by atoms with van der Waals surface area (Å²) in [5, 5.41) is 2.86. The Bertz CT molecular complexity index is 1200. The van der Waals surface area contributed by atoms with Crippen molar-refractivity contribution in [1.29, 1.82) is 0 Å². The highest BCUT2D eigenvalue weighted by atomic mass is 16.7. The standard InChI is InChI=1S/C32H38N2O5/c1-22(2)18-29(31(35)34(20-30(37-3)38-4)19-23-12-6-5-7-13-23)33-32(36)39-21-28-26-16-10-8-14-24(26)25-15-9-11-17-27(25)28/h5-17,22,28-30H,18-21H2,1-4H3,(H,33,36)/t29-/m0/s1. The number of nitrogens with one attached hydrogen (secondary N) is 1. The zero-order chi connectivity index (χ0) is 27.8. The first-order valence-corrected chi connectivity index (χ1v) is 13.4. The monoisotopic (exact) mass is 530 g/mol. The van der Waals surface area contributed by atoms with Gasteiger partial charge < -0.3 is 24.4 Å². The molecule has 0 aromatic heterocycles. The van der Waals surface area contributed by atoms with Gasteiger partial charge in [-0.3, -0.25) is 4.79 Å². The fourth-order valence-corrected chi connectivity index (χ4v) is 5.16. The summed E-state index contributed by atoms with van der Waals surface area (Å²) in [7, 11) is 3.08. The number of nitrogens with zero attached hydrogens (tertiary/aromatic N) is 1. The van der Waals surface area contributed by atoms with E-state index in [2.05, 4.69) is 29.6 Å². The first-order chi connectivity index (χ1) is 18.9. The number of carbonyl (C=O) groups is 2. The first kappa shape index (κ1) is 28.3. The molecule has 7 nitrogen and oxygen atoms in total. The SMILES string of the molecule is COC(CN(Cc1ccccc1)C(=O)[C@H](CC(C)C)NC(=O)OCC1c2ccccc2-c2ccccc21)OC. The van der Waals surface area contributed by atoms with Gasteiger partial charge in [0.2, 0.25) is 5.91 Å². The summed E-state index contributed by atoms with van der Waals surface area (Å²) in [6.07, 6.45) is -0.726. The van der Waals surface area contributed by atoms with Crippen LogP contribution in [0.2, 0.25) is 0 Å². The zero-order valence-electron chi connectivity index (χ0n) is 23.1. The van der Waals surface area contributed by atoms with Crippen molar-refractivity contribution in [3.05, 3.63) is 95.6 Å². The molecule has 0 bridgehead atoms. The molecule has 0 saturated carbocycles. The lowest BCUT2D eigenvalue weighted by atomic mass is 9.98. The predicted octanol–water partition coefficient (Wildman–Crippen LogP) is 5.59. The Hall–Kier alpha value is -3.68. The van der Waals surface area contributed by atoms with Crippen molar-refractivity contribution in [3.8, 4) is 11.1 Å². The molecular formula is C32H38N2O5. The Morgan fingerprint density at radius 3 is 1.97 bits per heavy atom. The highest BCUT2D eigenvalue weighted by Gasteiger charge is 2.31. The van der Waals surface area contributed by atoms with Gasteiger partial charge >= 0.3 is 6.09 Å². The fraction of sp³-hybridized carbons (Fsp3) is 0.375. The molecule has 0 unspecified atom stereocenters. The van der Waals surface area contributed by atoms with Crippen LogP contribution in [0.5, 0.6) is 0 Å². The number of rotatable bonds is 12. The summed E-state index contributed by atoms with van der Waals surface area (Å²) in [5.74, 6) is -0.0895. The predicted molar refractivity (Wildman–Crippen MR) is 151 cm³/mol. The van der Waals surface area contributed by atoms with Crippen molar-refractivity contribution in [2.24, 2.45) is 5.92 Å². The quantitative estimate of drug-likeness (QED) is 0.309. The van der Waals surface area contributed by atoms with Gasteiger partial charge in [0, 0.05) is 26.7 Å². The second-order valence-electron chi connectivity index (χ2n) is 10.3. The highest BCUT2D eigenvalue weighted by molar-refractivity contribution is 5.86. The zero-order valence-corrected chi connectivity index (χ0v) is 23.1. The normalized spacial score (nSPS) is 13.2. The van der Waals surface area contributed by atoms with E-state index < -0.39 is 18.4 Å². The number of amides is 2. The molecule has 0 heterocycles. The van der Waals surface area contributed by atoms with Gasteiger partial charge in [-0.05, 0) is 40.2 Å². The third kappa shape index (κ3) is 7.05. The van der Waals surface area contributed by atoms with E-state index >= 15 is 0 Å².